The van der Waals surface area contributed by atoms with Crippen molar-refractivity contribution >= 4 is 5.91 Å². The van der Waals surface area contributed by atoms with E-state index in [4.69, 9.17) is 10.5 Å². The number of hydrogen-bond acceptors (Lipinski definition) is 3. The highest BCUT2D eigenvalue weighted by atomic mass is 16.5. The number of likely N-dealkylation sites (tertiary alicyclic amines) is 1. The third-order valence-corrected chi connectivity index (χ3v) is 3.98. The van der Waals surface area contributed by atoms with Crippen LogP contribution in [0.15, 0.2) is 18.2 Å². The molecule has 0 unspecified atom stereocenters. The molecule has 4 heteroatoms. The Labute approximate surface area is 127 Å². The Bertz CT molecular complexity index is 514. The fourth-order valence-corrected chi connectivity index (χ4v) is 2.71. The normalized spacial score (nSPS) is 19.9. The van der Waals surface area contributed by atoms with Gasteiger partial charge in [0.05, 0.1) is 0 Å². The van der Waals surface area contributed by atoms with Gasteiger partial charge in [0.1, 0.15) is 5.75 Å². The summed E-state index contributed by atoms with van der Waals surface area (Å²) >= 11 is 0. The highest BCUT2D eigenvalue weighted by Gasteiger charge is 2.28. The fraction of sp³-hybridized carbons (Fsp3) is 0.588. The number of nitrogens with zero attached hydrogens (tertiary/aromatic N) is 1. The zero-order chi connectivity index (χ0) is 15.6. The number of carbonyl (C=O) groups excluding carboxylic acids is 1. The van der Waals surface area contributed by atoms with Gasteiger partial charge in [-0.3, -0.25) is 4.79 Å². The van der Waals surface area contributed by atoms with Crippen molar-refractivity contribution in [3.05, 3.63) is 29.3 Å². The van der Waals surface area contributed by atoms with Crippen LogP contribution in [0.25, 0.3) is 0 Å². The number of aryl methyl sites for hydroxylation is 1. The maximum Gasteiger partial charge on any atom is 0.263 e. The molecule has 0 spiro atoms. The van der Waals surface area contributed by atoms with Crippen LogP contribution in [-0.4, -0.2) is 36.0 Å². The Morgan fingerprint density at radius 3 is 2.67 bits per heavy atom. The summed E-state index contributed by atoms with van der Waals surface area (Å²) in [6, 6.07) is 6.27. The van der Waals surface area contributed by atoms with Crippen molar-refractivity contribution in [1.29, 1.82) is 0 Å². The molecule has 1 aliphatic heterocycles. The summed E-state index contributed by atoms with van der Waals surface area (Å²) in [5.41, 5.74) is 8.14. The summed E-state index contributed by atoms with van der Waals surface area (Å²) in [5, 5.41) is 0. The lowest BCUT2D eigenvalue weighted by Crippen LogP contribution is -2.40. The van der Waals surface area contributed by atoms with Crippen molar-refractivity contribution in [2.45, 2.75) is 52.2 Å². The van der Waals surface area contributed by atoms with E-state index in [2.05, 4.69) is 26.0 Å². The van der Waals surface area contributed by atoms with Crippen molar-refractivity contribution in [2.24, 2.45) is 5.73 Å². The Hall–Kier alpha value is -1.55. The van der Waals surface area contributed by atoms with E-state index in [0.29, 0.717) is 12.5 Å². The SMILES string of the molecule is Cc1ccc(C(C)C)c(O[C@H](C)C(=O)N2CC[C@H](N)C2)c1. The topological polar surface area (TPSA) is 55.6 Å². The van der Waals surface area contributed by atoms with Crippen molar-refractivity contribution < 1.29 is 9.53 Å². The third-order valence-electron chi connectivity index (χ3n) is 3.98. The number of ether oxygens (including phenoxy) is 1. The van der Waals surface area contributed by atoms with Crippen molar-refractivity contribution in [3.8, 4) is 5.75 Å². The van der Waals surface area contributed by atoms with Crippen molar-refractivity contribution in [1.82, 2.24) is 4.90 Å². The van der Waals surface area contributed by atoms with E-state index in [1.807, 2.05) is 19.9 Å². The quantitative estimate of drug-likeness (QED) is 0.926. The smallest absolute Gasteiger partial charge is 0.263 e. The second-order valence-electron chi connectivity index (χ2n) is 6.29. The van der Waals surface area contributed by atoms with Gasteiger partial charge in [0.15, 0.2) is 6.10 Å². The number of rotatable bonds is 4. The number of amides is 1. The van der Waals surface area contributed by atoms with Gasteiger partial charge in [0.25, 0.3) is 5.91 Å². The van der Waals surface area contributed by atoms with Crippen molar-refractivity contribution in [2.75, 3.05) is 13.1 Å². The molecule has 4 nitrogen and oxygen atoms in total. The van der Waals surface area contributed by atoms with Crippen LogP contribution in [0, 0.1) is 6.92 Å². The Morgan fingerprint density at radius 1 is 1.38 bits per heavy atom. The van der Waals surface area contributed by atoms with Crippen LogP contribution in [0.1, 0.15) is 44.2 Å². The highest BCUT2D eigenvalue weighted by Crippen LogP contribution is 2.28. The summed E-state index contributed by atoms with van der Waals surface area (Å²) in [4.78, 5) is 14.2. The predicted molar refractivity (Wildman–Crippen MR) is 84.5 cm³/mol. The lowest BCUT2D eigenvalue weighted by atomic mass is 10.0. The van der Waals surface area contributed by atoms with E-state index < -0.39 is 6.10 Å². The summed E-state index contributed by atoms with van der Waals surface area (Å²) in [7, 11) is 0. The monoisotopic (exact) mass is 290 g/mol. The molecule has 2 atom stereocenters. The van der Waals surface area contributed by atoms with Gasteiger partial charge >= 0.3 is 0 Å². The molecule has 1 saturated heterocycles. The molecule has 1 aliphatic rings. The van der Waals surface area contributed by atoms with Crippen LogP contribution in [0.5, 0.6) is 5.75 Å². The lowest BCUT2D eigenvalue weighted by Gasteiger charge is -2.23. The molecule has 1 amide bonds. The first-order chi connectivity index (χ1) is 9.88. The number of hydrogen-bond donors (Lipinski definition) is 1. The first-order valence-electron chi connectivity index (χ1n) is 7.70. The maximum absolute atomic E-state index is 12.4. The molecule has 0 aromatic heterocycles. The Kier molecular flexibility index (Phi) is 4.88. The van der Waals surface area contributed by atoms with Crippen LogP contribution in [0.4, 0.5) is 0 Å². The van der Waals surface area contributed by atoms with Crippen molar-refractivity contribution in [3.63, 3.8) is 0 Å². The molecule has 21 heavy (non-hydrogen) atoms. The van der Waals surface area contributed by atoms with Crippen LogP contribution in [0.2, 0.25) is 0 Å². The third kappa shape index (κ3) is 3.76. The molecule has 2 N–H and O–H groups in total. The standard InChI is InChI=1S/C17H26N2O2/c1-11(2)15-6-5-12(3)9-16(15)21-13(4)17(20)19-8-7-14(18)10-19/h5-6,9,11,13-14H,7-8,10,18H2,1-4H3/t13-,14+/m1/s1. The minimum absolute atomic E-state index is 0.0270. The largest absolute Gasteiger partial charge is 0.481 e. The molecule has 0 bridgehead atoms. The predicted octanol–water partition coefficient (Wildman–Crippen LogP) is 2.45. The number of benzene rings is 1. The van der Waals surface area contributed by atoms with Gasteiger partial charge in [0.2, 0.25) is 0 Å². The molecular formula is C17H26N2O2. The minimum Gasteiger partial charge on any atom is -0.481 e. The molecule has 1 fully saturated rings. The molecule has 116 valence electrons. The zero-order valence-electron chi connectivity index (χ0n) is 13.4. The average molecular weight is 290 g/mol. The van der Waals surface area contributed by atoms with E-state index in [1.54, 1.807) is 4.90 Å². The van der Waals surface area contributed by atoms with E-state index in [0.717, 1.165) is 29.8 Å². The van der Waals surface area contributed by atoms with Gasteiger partial charge in [-0.1, -0.05) is 26.0 Å². The summed E-state index contributed by atoms with van der Waals surface area (Å²) in [6.45, 7) is 9.48. The van der Waals surface area contributed by atoms with Gasteiger partial charge in [-0.2, -0.15) is 0 Å². The minimum atomic E-state index is -0.477. The second-order valence-corrected chi connectivity index (χ2v) is 6.29. The summed E-state index contributed by atoms with van der Waals surface area (Å²) in [5.74, 6) is 1.21. The first-order valence-corrected chi connectivity index (χ1v) is 7.70. The second kappa shape index (κ2) is 6.48. The van der Waals surface area contributed by atoms with Gasteiger partial charge in [-0.05, 0) is 43.4 Å². The van der Waals surface area contributed by atoms with E-state index in [-0.39, 0.29) is 11.9 Å². The van der Waals surface area contributed by atoms with E-state index >= 15 is 0 Å². The molecule has 0 saturated carbocycles. The van der Waals surface area contributed by atoms with Gasteiger partial charge < -0.3 is 15.4 Å². The zero-order valence-corrected chi connectivity index (χ0v) is 13.4. The van der Waals surface area contributed by atoms with Gasteiger partial charge in [-0.25, -0.2) is 0 Å². The molecule has 2 rings (SSSR count). The molecule has 1 aromatic carbocycles. The molecule has 1 heterocycles. The molecule has 1 aromatic rings. The van der Waals surface area contributed by atoms with Gasteiger partial charge in [-0.15, -0.1) is 0 Å². The molecule has 0 aliphatic carbocycles. The average Bonchev–Trinajstić information content (AvgIpc) is 2.84. The fourth-order valence-electron chi connectivity index (χ4n) is 2.71. The molecule has 0 radical (unpaired) electrons. The Balaban J connectivity index is 2.10. The summed E-state index contributed by atoms with van der Waals surface area (Å²) in [6.07, 6.45) is 0.398. The molecular weight excluding hydrogens is 264 g/mol. The van der Waals surface area contributed by atoms with Crippen LogP contribution < -0.4 is 10.5 Å². The number of carbonyl (C=O) groups is 1. The Morgan fingerprint density at radius 2 is 2.10 bits per heavy atom. The van der Waals surface area contributed by atoms with Gasteiger partial charge in [0, 0.05) is 19.1 Å². The van der Waals surface area contributed by atoms with E-state index in [1.165, 1.54) is 0 Å². The van der Waals surface area contributed by atoms with E-state index in [9.17, 15) is 4.79 Å². The highest BCUT2D eigenvalue weighted by molar-refractivity contribution is 5.81. The van der Waals surface area contributed by atoms with Crippen LogP contribution in [-0.2, 0) is 4.79 Å². The van der Waals surface area contributed by atoms with Crippen LogP contribution in [0.3, 0.4) is 0 Å². The summed E-state index contributed by atoms with van der Waals surface area (Å²) < 4.78 is 5.97. The maximum atomic E-state index is 12.4. The van der Waals surface area contributed by atoms with Crippen LogP contribution >= 0.6 is 0 Å². The lowest BCUT2D eigenvalue weighted by molar-refractivity contribution is -0.136. The number of nitrogens with two attached hydrogens (primary N) is 1. The first kappa shape index (κ1) is 15.8.